The largest absolute Gasteiger partial charge is 0.312 e. The monoisotopic (exact) mass is 185 g/mol. The van der Waals surface area contributed by atoms with Crippen LogP contribution in [0, 0.1) is 0 Å². The van der Waals surface area contributed by atoms with Gasteiger partial charge in [0.05, 0.1) is 0 Å². The Morgan fingerprint density at radius 3 is 1.85 bits per heavy atom. The number of hydrogen-bond acceptors (Lipinski definition) is 1. The van der Waals surface area contributed by atoms with Crippen molar-refractivity contribution in [3.05, 3.63) is 12.7 Å². The maximum absolute atomic E-state index is 3.68. The van der Waals surface area contributed by atoms with Crippen LogP contribution in [-0.4, -0.2) is 26.0 Å². The average Bonchev–Trinajstić information content (AvgIpc) is 2.03. The highest BCUT2D eigenvalue weighted by Gasteiger charge is 1.84. The molecular weight excluding hydrogens is 158 g/mol. The van der Waals surface area contributed by atoms with Gasteiger partial charge in [0, 0.05) is 0 Å². The van der Waals surface area contributed by atoms with Crippen LogP contribution in [0.3, 0.4) is 0 Å². The summed E-state index contributed by atoms with van der Waals surface area (Å²) in [4.78, 5) is 2.00. The maximum atomic E-state index is 3.68. The van der Waals surface area contributed by atoms with Crippen molar-refractivity contribution in [3.63, 3.8) is 0 Å². The molecule has 0 fully saturated rings. The van der Waals surface area contributed by atoms with Crippen molar-refractivity contribution in [3.8, 4) is 0 Å². The molecular formula is C12H27N. The van der Waals surface area contributed by atoms with E-state index in [0.717, 1.165) is 0 Å². The Labute approximate surface area is 84.8 Å². The van der Waals surface area contributed by atoms with Crippen LogP contribution in [-0.2, 0) is 0 Å². The molecule has 0 saturated heterocycles. The zero-order chi connectivity index (χ0) is 10.5. The van der Waals surface area contributed by atoms with Crippen molar-refractivity contribution in [2.75, 3.05) is 21.1 Å². The Morgan fingerprint density at radius 2 is 1.46 bits per heavy atom. The maximum Gasteiger partial charge on any atom is -0.0140 e. The second-order valence-corrected chi connectivity index (χ2v) is 3.83. The zero-order valence-electron chi connectivity index (χ0n) is 9.97. The van der Waals surface area contributed by atoms with Gasteiger partial charge in [-0.3, -0.25) is 0 Å². The Hall–Kier alpha value is -0.300. The summed E-state index contributed by atoms with van der Waals surface area (Å²) in [5.74, 6) is 0. The zero-order valence-corrected chi connectivity index (χ0v) is 9.97. The van der Waals surface area contributed by atoms with Crippen LogP contribution < -0.4 is 0 Å². The second kappa shape index (κ2) is 14.2. The minimum atomic E-state index is 1.20. The van der Waals surface area contributed by atoms with Crippen LogP contribution in [0.2, 0.25) is 0 Å². The quantitative estimate of drug-likeness (QED) is 0.450. The van der Waals surface area contributed by atoms with Gasteiger partial charge in [0.2, 0.25) is 0 Å². The number of allylic oxidation sites excluding steroid dienone is 1. The molecule has 0 bridgehead atoms. The fraction of sp³-hybridized carbons (Fsp3) is 0.833. The van der Waals surface area contributed by atoms with Gasteiger partial charge in [-0.25, -0.2) is 0 Å². The molecule has 0 aromatic rings. The molecule has 0 spiro atoms. The summed E-state index contributed by atoms with van der Waals surface area (Å²) >= 11 is 0. The number of hydrogen-bond donors (Lipinski definition) is 0. The smallest absolute Gasteiger partial charge is 0.0140 e. The molecule has 0 atom stereocenters. The topological polar surface area (TPSA) is 3.24 Å². The lowest BCUT2D eigenvalue weighted by atomic mass is 10.1. The third kappa shape index (κ3) is 33.9. The average molecular weight is 185 g/mol. The summed E-state index contributed by atoms with van der Waals surface area (Å²) in [6, 6.07) is 0. The molecule has 0 aliphatic heterocycles. The molecule has 1 nitrogen and oxygen atoms in total. The molecule has 80 valence electrons. The van der Waals surface area contributed by atoms with E-state index in [4.69, 9.17) is 0 Å². The van der Waals surface area contributed by atoms with Crippen molar-refractivity contribution >= 4 is 0 Å². The molecule has 0 aliphatic carbocycles. The lowest BCUT2D eigenvalue weighted by molar-refractivity contribution is 0.505. The molecule has 0 amide bonds. The van der Waals surface area contributed by atoms with E-state index in [1.165, 1.54) is 38.5 Å². The van der Waals surface area contributed by atoms with E-state index in [-0.39, 0.29) is 0 Å². The minimum absolute atomic E-state index is 1.20. The first-order valence-corrected chi connectivity index (χ1v) is 5.37. The van der Waals surface area contributed by atoms with Gasteiger partial charge in [-0.1, -0.05) is 38.7 Å². The fourth-order valence-corrected chi connectivity index (χ4v) is 0.892. The van der Waals surface area contributed by atoms with Gasteiger partial charge in [-0.05, 0) is 34.0 Å². The molecule has 0 aromatic heterocycles. The SMILES string of the molecule is C=CCCCCCCC.CN(C)C. The summed E-state index contributed by atoms with van der Waals surface area (Å²) < 4.78 is 0. The molecule has 0 radical (unpaired) electrons. The van der Waals surface area contributed by atoms with Crippen LogP contribution in [0.1, 0.15) is 45.4 Å². The lowest BCUT2D eigenvalue weighted by Crippen LogP contribution is -1.99. The predicted octanol–water partition coefficient (Wildman–Crippen LogP) is 3.71. The highest BCUT2D eigenvalue weighted by molar-refractivity contribution is 4.65. The fourth-order valence-electron chi connectivity index (χ4n) is 0.892. The van der Waals surface area contributed by atoms with Crippen LogP contribution in [0.5, 0.6) is 0 Å². The van der Waals surface area contributed by atoms with E-state index in [9.17, 15) is 0 Å². The van der Waals surface area contributed by atoms with Gasteiger partial charge in [-0.15, -0.1) is 6.58 Å². The molecule has 0 N–H and O–H groups in total. The predicted molar refractivity (Wildman–Crippen MR) is 63.2 cm³/mol. The highest BCUT2D eigenvalue weighted by Crippen LogP contribution is 2.04. The third-order valence-electron chi connectivity index (χ3n) is 1.51. The standard InChI is InChI=1S/C9H18.C3H9N/c1-3-5-7-9-8-6-4-2;1-4(2)3/h3H,1,4-9H2,2H3;1-3H3. The molecule has 0 saturated carbocycles. The summed E-state index contributed by atoms with van der Waals surface area (Å²) in [6.07, 6.45) is 10.1. The first kappa shape index (κ1) is 15.2. The van der Waals surface area contributed by atoms with Crippen LogP contribution in [0.15, 0.2) is 12.7 Å². The molecule has 1 heteroatoms. The van der Waals surface area contributed by atoms with E-state index in [0.29, 0.717) is 0 Å². The lowest BCUT2D eigenvalue weighted by Gasteiger charge is -1.94. The van der Waals surface area contributed by atoms with Gasteiger partial charge in [-0.2, -0.15) is 0 Å². The number of rotatable bonds is 6. The molecule has 0 aromatic carbocycles. The number of nitrogens with zero attached hydrogens (tertiary/aromatic N) is 1. The van der Waals surface area contributed by atoms with E-state index >= 15 is 0 Å². The highest BCUT2D eigenvalue weighted by atomic mass is 15.0. The molecule has 0 aliphatic rings. The summed E-state index contributed by atoms with van der Waals surface area (Å²) in [5, 5.41) is 0. The van der Waals surface area contributed by atoms with Crippen LogP contribution in [0.4, 0.5) is 0 Å². The Kier molecular flexibility index (Phi) is 16.6. The van der Waals surface area contributed by atoms with Gasteiger partial charge in [0.15, 0.2) is 0 Å². The summed E-state index contributed by atoms with van der Waals surface area (Å²) in [5.41, 5.74) is 0. The van der Waals surface area contributed by atoms with E-state index in [1.54, 1.807) is 0 Å². The van der Waals surface area contributed by atoms with E-state index < -0.39 is 0 Å². The van der Waals surface area contributed by atoms with Gasteiger partial charge < -0.3 is 4.90 Å². The van der Waals surface area contributed by atoms with Gasteiger partial charge in [0.25, 0.3) is 0 Å². The first-order valence-electron chi connectivity index (χ1n) is 5.37. The molecule has 0 unspecified atom stereocenters. The van der Waals surface area contributed by atoms with Crippen LogP contribution in [0.25, 0.3) is 0 Å². The van der Waals surface area contributed by atoms with Crippen molar-refractivity contribution in [2.45, 2.75) is 45.4 Å². The molecule has 0 heterocycles. The Balaban J connectivity index is 0. The van der Waals surface area contributed by atoms with Crippen molar-refractivity contribution in [1.82, 2.24) is 4.90 Å². The summed E-state index contributed by atoms with van der Waals surface area (Å²) in [7, 11) is 6.00. The van der Waals surface area contributed by atoms with E-state index in [1.807, 2.05) is 32.1 Å². The third-order valence-corrected chi connectivity index (χ3v) is 1.51. The number of unbranched alkanes of at least 4 members (excludes halogenated alkanes) is 5. The van der Waals surface area contributed by atoms with Crippen molar-refractivity contribution in [1.29, 1.82) is 0 Å². The Bertz CT molecular complexity index is 84.4. The van der Waals surface area contributed by atoms with Gasteiger partial charge >= 0.3 is 0 Å². The first-order chi connectivity index (χ1) is 6.15. The molecule has 13 heavy (non-hydrogen) atoms. The Morgan fingerprint density at radius 1 is 1.00 bits per heavy atom. The van der Waals surface area contributed by atoms with Crippen LogP contribution >= 0.6 is 0 Å². The van der Waals surface area contributed by atoms with E-state index in [2.05, 4.69) is 13.5 Å². The normalized spacial score (nSPS) is 9.31. The molecule has 0 rings (SSSR count). The minimum Gasteiger partial charge on any atom is -0.312 e. The van der Waals surface area contributed by atoms with Crippen molar-refractivity contribution < 1.29 is 0 Å². The van der Waals surface area contributed by atoms with Crippen molar-refractivity contribution in [2.24, 2.45) is 0 Å². The second-order valence-electron chi connectivity index (χ2n) is 3.83. The summed E-state index contributed by atoms with van der Waals surface area (Å²) in [6.45, 7) is 5.92. The van der Waals surface area contributed by atoms with Gasteiger partial charge in [0.1, 0.15) is 0 Å².